The van der Waals surface area contributed by atoms with Gasteiger partial charge in [0.2, 0.25) is 10.0 Å². The normalized spacial score (nSPS) is 11.0. The highest BCUT2D eigenvalue weighted by Gasteiger charge is 2.12. The molecule has 3 N–H and O–H groups in total. The maximum atomic E-state index is 12.5. The zero-order chi connectivity index (χ0) is 19.9. The van der Waals surface area contributed by atoms with E-state index in [0.717, 1.165) is 5.56 Å². The molecule has 0 aliphatic heterocycles. The van der Waals surface area contributed by atoms with Crippen molar-refractivity contribution in [2.24, 2.45) is 0 Å². The second kappa shape index (κ2) is 9.18. The topological polar surface area (TPSA) is 113 Å². The van der Waals surface area contributed by atoms with E-state index in [2.05, 4.69) is 10.0 Å². The van der Waals surface area contributed by atoms with Crippen molar-refractivity contribution in [2.45, 2.75) is 26.2 Å². The molecule has 0 spiro atoms. The number of rotatable bonds is 9. The molecule has 0 unspecified atom stereocenters. The lowest BCUT2D eigenvalue weighted by atomic mass is 10.1. The van der Waals surface area contributed by atoms with Crippen molar-refractivity contribution in [3.05, 3.63) is 59.7 Å². The van der Waals surface area contributed by atoms with E-state index in [9.17, 15) is 18.0 Å². The molecule has 7 nitrogen and oxygen atoms in total. The van der Waals surface area contributed by atoms with E-state index in [4.69, 9.17) is 5.11 Å². The van der Waals surface area contributed by atoms with Gasteiger partial charge in [-0.2, -0.15) is 0 Å². The van der Waals surface area contributed by atoms with Crippen LogP contribution in [0.25, 0.3) is 0 Å². The average molecular weight is 390 g/mol. The average Bonchev–Trinajstić information content (AvgIpc) is 2.60. The van der Waals surface area contributed by atoms with Gasteiger partial charge in [-0.05, 0) is 48.7 Å². The molecular formula is C19H22N2O5S. The van der Waals surface area contributed by atoms with Crippen molar-refractivity contribution in [1.82, 2.24) is 0 Å². The highest BCUT2D eigenvalue weighted by molar-refractivity contribution is 7.92. The standard InChI is InChI=1S/C19H22N2O5S/c1-2-11-27(25,26)21-17-8-4-6-15(13-17)19(24)20-16-7-3-5-14(12-16)9-10-18(22)23/h3-8,12-13,21H,2,9-11H2,1H3,(H,20,24)(H,22,23). The molecule has 0 aliphatic rings. The maximum absolute atomic E-state index is 12.5. The Morgan fingerprint density at radius 2 is 1.74 bits per heavy atom. The molecule has 0 fully saturated rings. The van der Waals surface area contributed by atoms with Crippen LogP contribution < -0.4 is 10.0 Å². The van der Waals surface area contributed by atoms with E-state index in [0.29, 0.717) is 29.8 Å². The summed E-state index contributed by atoms with van der Waals surface area (Å²) in [6, 6.07) is 13.2. The van der Waals surface area contributed by atoms with Gasteiger partial charge in [0, 0.05) is 23.4 Å². The van der Waals surface area contributed by atoms with Crippen LogP contribution in [0.1, 0.15) is 35.7 Å². The minimum atomic E-state index is -3.43. The fourth-order valence-electron chi connectivity index (χ4n) is 2.48. The van der Waals surface area contributed by atoms with Crippen molar-refractivity contribution >= 4 is 33.3 Å². The van der Waals surface area contributed by atoms with E-state index in [1.807, 2.05) is 0 Å². The van der Waals surface area contributed by atoms with Crippen LogP contribution in [0.4, 0.5) is 11.4 Å². The lowest BCUT2D eigenvalue weighted by Gasteiger charge is -2.10. The predicted octanol–water partition coefficient (Wildman–Crippen LogP) is 3.11. The summed E-state index contributed by atoms with van der Waals surface area (Å²) in [4.78, 5) is 23.1. The first-order valence-corrected chi connectivity index (χ1v) is 10.2. The smallest absolute Gasteiger partial charge is 0.303 e. The van der Waals surface area contributed by atoms with E-state index in [1.165, 1.54) is 6.07 Å². The third kappa shape index (κ3) is 6.74. The largest absolute Gasteiger partial charge is 0.481 e. The van der Waals surface area contributed by atoms with Crippen LogP contribution >= 0.6 is 0 Å². The van der Waals surface area contributed by atoms with Gasteiger partial charge in [-0.15, -0.1) is 0 Å². The number of carboxylic acid groups (broad SMARTS) is 1. The van der Waals surface area contributed by atoms with Gasteiger partial charge in [-0.25, -0.2) is 8.42 Å². The quantitative estimate of drug-likeness (QED) is 0.609. The highest BCUT2D eigenvalue weighted by Crippen LogP contribution is 2.17. The Morgan fingerprint density at radius 1 is 1.04 bits per heavy atom. The number of carboxylic acids is 1. The number of anilines is 2. The van der Waals surface area contributed by atoms with Crippen LogP contribution in [0.5, 0.6) is 0 Å². The summed E-state index contributed by atoms with van der Waals surface area (Å²) in [5, 5.41) is 11.5. The fourth-order valence-corrected chi connectivity index (χ4v) is 3.61. The molecule has 0 bridgehead atoms. The molecule has 2 aromatic rings. The molecule has 27 heavy (non-hydrogen) atoms. The van der Waals surface area contributed by atoms with Crippen molar-refractivity contribution in [3.63, 3.8) is 0 Å². The molecule has 0 atom stereocenters. The van der Waals surface area contributed by atoms with E-state index in [-0.39, 0.29) is 18.1 Å². The van der Waals surface area contributed by atoms with Gasteiger partial charge in [-0.1, -0.05) is 25.1 Å². The molecule has 0 aromatic heterocycles. The molecule has 1 amide bonds. The lowest BCUT2D eigenvalue weighted by molar-refractivity contribution is -0.136. The number of aliphatic carboxylic acids is 1. The number of carbonyl (C=O) groups is 2. The first kappa shape index (κ1) is 20.4. The van der Waals surface area contributed by atoms with Crippen molar-refractivity contribution in [1.29, 1.82) is 0 Å². The minimum absolute atomic E-state index is 0.00651. The van der Waals surface area contributed by atoms with Gasteiger partial charge < -0.3 is 10.4 Å². The maximum Gasteiger partial charge on any atom is 0.303 e. The molecule has 8 heteroatoms. The number of aryl methyl sites for hydroxylation is 1. The zero-order valence-corrected chi connectivity index (χ0v) is 15.8. The fraction of sp³-hybridized carbons (Fsp3) is 0.263. The van der Waals surface area contributed by atoms with Gasteiger partial charge in [-0.3, -0.25) is 14.3 Å². The Labute approximate surface area is 158 Å². The van der Waals surface area contributed by atoms with Crippen LogP contribution in [0, 0.1) is 0 Å². The molecule has 2 aromatic carbocycles. The number of benzene rings is 2. The van der Waals surface area contributed by atoms with E-state index >= 15 is 0 Å². The number of hydrogen-bond acceptors (Lipinski definition) is 4. The molecule has 0 saturated carbocycles. The summed E-state index contributed by atoms with van der Waals surface area (Å²) in [5.74, 6) is -1.26. The predicted molar refractivity (Wildman–Crippen MR) is 104 cm³/mol. The summed E-state index contributed by atoms with van der Waals surface area (Å²) in [7, 11) is -3.43. The first-order chi connectivity index (χ1) is 12.8. The third-order valence-corrected chi connectivity index (χ3v) is 5.18. The van der Waals surface area contributed by atoms with Crippen molar-refractivity contribution in [3.8, 4) is 0 Å². The molecular weight excluding hydrogens is 368 g/mol. The number of amides is 1. The number of hydrogen-bond donors (Lipinski definition) is 3. The molecule has 0 saturated heterocycles. The van der Waals surface area contributed by atoms with Gasteiger partial charge >= 0.3 is 5.97 Å². The van der Waals surface area contributed by atoms with Crippen LogP contribution in [0.15, 0.2) is 48.5 Å². The van der Waals surface area contributed by atoms with Gasteiger partial charge in [0.25, 0.3) is 5.91 Å². The van der Waals surface area contributed by atoms with Crippen LogP contribution in [0.2, 0.25) is 0 Å². The Kier molecular flexibility index (Phi) is 6.95. The molecule has 0 heterocycles. The summed E-state index contributed by atoms with van der Waals surface area (Å²) in [6.07, 6.45) is 0.874. The summed E-state index contributed by atoms with van der Waals surface area (Å²) >= 11 is 0. The van der Waals surface area contributed by atoms with E-state index < -0.39 is 16.0 Å². The number of nitrogens with one attached hydrogen (secondary N) is 2. The number of carbonyl (C=O) groups excluding carboxylic acids is 1. The van der Waals surface area contributed by atoms with Crippen LogP contribution in [0.3, 0.4) is 0 Å². The molecule has 0 radical (unpaired) electrons. The summed E-state index contributed by atoms with van der Waals surface area (Å²) in [6.45, 7) is 1.77. The minimum Gasteiger partial charge on any atom is -0.481 e. The Balaban J connectivity index is 2.09. The highest BCUT2D eigenvalue weighted by atomic mass is 32.2. The van der Waals surface area contributed by atoms with Crippen LogP contribution in [-0.4, -0.2) is 31.2 Å². The van der Waals surface area contributed by atoms with E-state index in [1.54, 1.807) is 49.4 Å². The monoisotopic (exact) mass is 390 g/mol. The van der Waals surface area contributed by atoms with Crippen molar-refractivity contribution in [2.75, 3.05) is 15.8 Å². The molecule has 2 rings (SSSR count). The number of sulfonamides is 1. The molecule has 144 valence electrons. The zero-order valence-electron chi connectivity index (χ0n) is 14.9. The van der Waals surface area contributed by atoms with Crippen molar-refractivity contribution < 1.29 is 23.1 Å². The summed E-state index contributed by atoms with van der Waals surface area (Å²) < 4.78 is 26.2. The Hall–Kier alpha value is -2.87. The molecule has 0 aliphatic carbocycles. The lowest BCUT2D eigenvalue weighted by Crippen LogP contribution is -2.17. The second-order valence-electron chi connectivity index (χ2n) is 6.05. The van der Waals surface area contributed by atoms with Crippen LogP contribution in [-0.2, 0) is 21.2 Å². The SMILES string of the molecule is CCCS(=O)(=O)Nc1cccc(C(=O)Nc2cccc(CCC(=O)O)c2)c1. The third-order valence-electron chi connectivity index (χ3n) is 3.68. The van der Waals surface area contributed by atoms with Gasteiger partial charge in [0.05, 0.1) is 5.75 Å². The van der Waals surface area contributed by atoms with Gasteiger partial charge in [0.15, 0.2) is 0 Å². The van der Waals surface area contributed by atoms with Gasteiger partial charge in [0.1, 0.15) is 0 Å². The first-order valence-electron chi connectivity index (χ1n) is 8.51. The Bertz CT molecular complexity index is 925. The second-order valence-corrected chi connectivity index (χ2v) is 7.89. The Morgan fingerprint density at radius 3 is 2.44 bits per heavy atom. The summed E-state index contributed by atoms with van der Waals surface area (Å²) in [5.41, 5.74) is 1.98.